The van der Waals surface area contributed by atoms with E-state index >= 15 is 0 Å². The topological polar surface area (TPSA) is 66.5 Å². The van der Waals surface area contributed by atoms with Gasteiger partial charge in [-0.1, -0.05) is 36.4 Å². The summed E-state index contributed by atoms with van der Waals surface area (Å²) in [5, 5.41) is 0. The number of methoxy groups -OCH3 is 4. The van der Waals surface area contributed by atoms with Crippen LogP contribution in [0.3, 0.4) is 0 Å². The molecule has 0 unspecified atom stereocenters. The van der Waals surface area contributed by atoms with Crippen molar-refractivity contribution in [2.75, 3.05) is 41.5 Å². The summed E-state index contributed by atoms with van der Waals surface area (Å²) in [4.78, 5) is 15.6. The minimum absolute atomic E-state index is 0.00295. The van der Waals surface area contributed by atoms with E-state index < -0.39 is 0 Å². The Kier molecular flexibility index (Phi) is 9.00. The highest BCUT2D eigenvalue weighted by Gasteiger charge is 2.27. The zero-order valence-electron chi connectivity index (χ0n) is 23.0. The van der Waals surface area contributed by atoms with E-state index in [-0.39, 0.29) is 5.91 Å². The van der Waals surface area contributed by atoms with Crippen LogP contribution in [-0.2, 0) is 13.0 Å². The maximum atomic E-state index is 13.7. The third-order valence-electron chi connectivity index (χ3n) is 7.04. The van der Waals surface area contributed by atoms with E-state index in [1.807, 2.05) is 60.4 Å². The van der Waals surface area contributed by atoms with Gasteiger partial charge in [-0.25, -0.2) is 0 Å². The Morgan fingerprint density at radius 2 is 1.39 bits per heavy atom. The van der Waals surface area contributed by atoms with Gasteiger partial charge < -0.3 is 28.6 Å². The van der Waals surface area contributed by atoms with Gasteiger partial charge in [-0.15, -0.1) is 0 Å². The third-order valence-corrected chi connectivity index (χ3v) is 7.04. The van der Waals surface area contributed by atoms with E-state index in [9.17, 15) is 4.79 Å². The van der Waals surface area contributed by atoms with Gasteiger partial charge in [0.1, 0.15) is 12.4 Å². The molecule has 7 heteroatoms. The molecular formula is C31H37NO6. The average Bonchev–Trinajstić information content (AvgIpc) is 2.97. The monoisotopic (exact) mass is 519 g/mol. The fourth-order valence-corrected chi connectivity index (χ4v) is 5.05. The van der Waals surface area contributed by atoms with Crippen LogP contribution >= 0.6 is 0 Å². The minimum Gasteiger partial charge on any atom is -0.492 e. The summed E-state index contributed by atoms with van der Waals surface area (Å²) in [6.45, 7) is 3.89. The molecule has 0 N–H and O–H groups in total. The summed E-state index contributed by atoms with van der Waals surface area (Å²) in [5.41, 5.74) is 4.36. The fraction of sp³-hybridized carbons (Fsp3) is 0.387. The lowest BCUT2D eigenvalue weighted by Crippen LogP contribution is -2.35. The normalized spacial score (nSPS) is 13.1. The van der Waals surface area contributed by atoms with Crippen LogP contribution in [0.5, 0.6) is 28.7 Å². The predicted octanol–water partition coefficient (Wildman–Crippen LogP) is 5.83. The highest BCUT2D eigenvalue weighted by Crippen LogP contribution is 2.49. The van der Waals surface area contributed by atoms with Crippen molar-refractivity contribution < 1.29 is 28.5 Å². The summed E-state index contributed by atoms with van der Waals surface area (Å²) in [7, 11) is 6.37. The van der Waals surface area contributed by atoms with Crippen LogP contribution in [0.4, 0.5) is 0 Å². The summed E-state index contributed by atoms with van der Waals surface area (Å²) in [6, 6.07) is 15.8. The van der Waals surface area contributed by atoms with Crippen LogP contribution in [-0.4, -0.2) is 52.3 Å². The fourth-order valence-electron chi connectivity index (χ4n) is 5.05. The highest BCUT2D eigenvalue weighted by atomic mass is 16.5. The van der Waals surface area contributed by atoms with Gasteiger partial charge in [0.25, 0.3) is 5.91 Å². The Bertz CT molecular complexity index is 1250. The molecule has 4 rings (SSSR count). The highest BCUT2D eigenvalue weighted by molar-refractivity contribution is 5.97. The molecule has 0 aromatic heterocycles. The molecule has 0 bridgehead atoms. The van der Waals surface area contributed by atoms with E-state index in [1.54, 1.807) is 28.4 Å². The maximum absolute atomic E-state index is 13.7. The molecule has 1 heterocycles. The van der Waals surface area contributed by atoms with Gasteiger partial charge in [-0.05, 0) is 49.4 Å². The number of piperidine rings is 1. The van der Waals surface area contributed by atoms with Gasteiger partial charge in [-0.2, -0.15) is 0 Å². The van der Waals surface area contributed by atoms with Crippen LogP contribution in [0, 0.1) is 6.92 Å². The lowest BCUT2D eigenvalue weighted by atomic mass is 9.95. The van der Waals surface area contributed by atoms with Crippen molar-refractivity contribution in [3.05, 3.63) is 76.3 Å². The van der Waals surface area contributed by atoms with Gasteiger partial charge in [0.2, 0.25) is 11.5 Å². The standard InChI is InChI=1S/C31H37NO6/c1-21-24(28(35-3)30(37-5)29(36-4)27(21)34-2)18-23-14-15-26(38-20-22-12-8-6-9-13-22)25(19-23)31(33)32-16-10-7-11-17-32/h6,8-9,12-15,19H,7,10-11,16-18,20H2,1-5H3. The lowest BCUT2D eigenvalue weighted by Gasteiger charge is -2.27. The molecule has 0 radical (unpaired) electrons. The van der Waals surface area contributed by atoms with Gasteiger partial charge in [-0.3, -0.25) is 4.79 Å². The largest absolute Gasteiger partial charge is 0.492 e. The van der Waals surface area contributed by atoms with Gasteiger partial charge in [0, 0.05) is 30.6 Å². The molecule has 1 saturated heterocycles. The molecule has 0 atom stereocenters. The van der Waals surface area contributed by atoms with Crippen molar-refractivity contribution in [3.63, 3.8) is 0 Å². The molecule has 202 valence electrons. The van der Waals surface area contributed by atoms with Crippen molar-refractivity contribution in [2.45, 2.75) is 39.2 Å². The second-order valence-electron chi connectivity index (χ2n) is 9.37. The number of carbonyl (C=O) groups is 1. The van der Waals surface area contributed by atoms with Crippen LogP contribution in [0.1, 0.15) is 51.9 Å². The first-order valence-electron chi connectivity index (χ1n) is 13.0. The molecule has 3 aromatic rings. The molecule has 1 amide bonds. The zero-order chi connectivity index (χ0) is 27.1. The Hall–Kier alpha value is -3.87. The molecule has 0 spiro atoms. The predicted molar refractivity (Wildman–Crippen MR) is 147 cm³/mol. The van der Waals surface area contributed by atoms with Crippen molar-refractivity contribution in [3.8, 4) is 28.7 Å². The zero-order valence-corrected chi connectivity index (χ0v) is 23.0. The van der Waals surface area contributed by atoms with Crippen molar-refractivity contribution >= 4 is 5.91 Å². The van der Waals surface area contributed by atoms with Gasteiger partial charge in [0.15, 0.2) is 11.5 Å². The first kappa shape index (κ1) is 27.2. The molecule has 0 saturated carbocycles. The van der Waals surface area contributed by atoms with E-state index in [0.717, 1.165) is 54.6 Å². The summed E-state index contributed by atoms with van der Waals surface area (Å²) in [6.07, 6.45) is 3.70. The van der Waals surface area contributed by atoms with E-state index in [2.05, 4.69) is 0 Å². The Labute approximate surface area is 225 Å². The number of nitrogens with zero attached hydrogens (tertiary/aromatic N) is 1. The number of carbonyl (C=O) groups excluding carboxylic acids is 1. The SMILES string of the molecule is COc1c(C)c(Cc2ccc(OCc3ccccc3)c(C(=O)N3CCCCC3)c2)c(OC)c(OC)c1OC. The molecule has 3 aromatic carbocycles. The Morgan fingerprint density at radius 1 is 0.763 bits per heavy atom. The number of hydrogen-bond donors (Lipinski definition) is 0. The first-order chi connectivity index (χ1) is 18.5. The number of amides is 1. The number of hydrogen-bond acceptors (Lipinski definition) is 6. The van der Waals surface area contributed by atoms with Gasteiger partial charge in [0.05, 0.1) is 34.0 Å². The summed E-state index contributed by atoms with van der Waals surface area (Å²) < 4.78 is 28.9. The number of rotatable bonds is 10. The second-order valence-corrected chi connectivity index (χ2v) is 9.37. The first-order valence-corrected chi connectivity index (χ1v) is 13.0. The van der Waals surface area contributed by atoms with Gasteiger partial charge >= 0.3 is 0 Å². The van der Waals surface area contributed by atoms with E-state index in [4.69, 9.17) is 23.7 Å². The lowest BCUT2D eigenvalue weighted by molar-refractivity contribution is 0.0719. The van der Waals surface area contributed by atoms with Crippen LogP contribution in [0.2, 0.25) is 0 Å². The van der Waals surface area contributed by atoms with E-state index in [0.29, 0.717) is 47.3 Å². The number of benzene rings is 3. The second kappa shape index (κ2) is 12.6. The van der Waals surface area contributed by atoms with Crippen molar-refractivity contribution in [1.29, 1.82) is 0 Å². The number of likely N-dealkylation sites (tertiary alicyclic amines) is 1. The third kappa shape index (κ3) is 5.67. The smallest absolute Gasteiger partial charge is 0.257 e. The number of ether oxygens (including phenoxy) is 5. The molecule has 7 nitrogen and oxygen atoms in total. The van der Waals surface area contributed by atoms with Crippen LogP contribution in [0.25, 0.3) is 0 Å². The molecule has 1 fully saturated rings. The molecule has 1 aliphatic heterocycles. The maximum Gasteiger partial charge on any atom is 0.257 e. The Morgan fingerprint density at radius 3 is 2.03 bits per heavy atom. The average molecular weight is 520 g/mol. The molecule has 0 aliphatic carbocycles. The van der Waals surface area contributed by atoms with E-state index in [1.165, 1.54) is 0 Å². The van der Waals surface area contributed by atoms with Crippen LogP contribution < -0.4 is 23.7 Å². The van der Waals surface area contributed by atoms with Crippen molar-refractivity contribution in [1.82, 2.24) is 4.90 Å². The van der Waals surface area contributed by atoms with Crippen LogP contribution in [0.15, 0.2) is 48.5 Å². The minimum atomic E-state index is 0.00295. The molecular weight excluding hydrogens is 482 g/mol. The molecule has 1 aliphatic rings. The summed E-state index contributed by atoms with van der Waals surface area (Å²) in [5.74, 6) is 2.71. The Balaban J connectivity index is 1.73. The summed E-state index contributed by atoms with van der Waals surface area (Å²) >= 11 is 0. The molecule has 38 heavy (non-hydrogen) atoms. The van der Waals surface area contributed by atoms with Crippen molar-refractivity contribution in [2.24, 2.45) is 0 Å². The quantitative estimate of drug-likeness (QED) is 0.336.